The Labute approximate surface area is 157 Å². The molecule has 0 aliphatic carbocycles. The van der Waals surface area contributed by atoms with Gasteiger partial charge in [-0.05, 0) is 23.3 Å². The lowest BCUT2D eigenvalue weighted by Gasteiger charge is -2.15. The number of hydrogen-bond acceptors (Lipinski definition) is 4. The summed E-state index contributed by atoms with van der Waals surface area (Å²) in [4.78, 5) is 25.4. The third-order valence-electron chi connectivity index (χ3n) is 4.19. The number of benzene rings is 2. The monoisotopic (exact) mass is 370 g/mol. The molecule has 0 spiro atoms. The smallest absolute Gasteiger partial charge is 0.281 e. The Balaban J connectivity index is 1.48. The molecule has 6 heteroatoms. The number of thioether (sulfide) groups is 1. The van der Waals surface area contributed by atoms with E-state index >= 15 is 0 Å². The highest BCUT2D eigenvalue weighted by molar-refractivity contribution is 8.13. The van der Waals surface area contributed by atoms with E-state index in [9.17, 15) is 9.59 Å². The molecule has 1 N–H and O–H groups in total. The summed E-state index contributed by atoms with van der Waals surface area (Å²) in [5.41, 5.74) is 2.08. The number of rotatable bonds is 8. The molecule has 0 unspecified atom stereocenters. The molecule has 2 aromatic rings. The van der Waals surface area contributed by atoms with Crippen molar-refractivity contribution in [2.24, 2.45) is 0 Å². The van der Waals surface area contributed by atoms with Gasteiger partial charge in [-0.25, -0.2) is 0 Å². The Morgan fingerprint density at radius 3 is 2.54 bits per heavy atom. The van der Waals surface area contributed by atoms with Gasteiger partial charge in [-0.3, -0.25) is 9.59 Å². The summed E-state index contributed by atoms with van der Waals surface area (Å²) in [5.74, 6) is 1.59. The minimum atomic E-state index is -0.0477. The van der Waals surface area contributed by atoms with Crippen molar-refractivity contribution in [1.82, 2.24) is 10.2 Å². The summed E-state index contributed by atoms with van der Waals surface area (Å²) < 4.78 is 5.81. The highest BCUT2D eigenvalue weighted by Gasteiger charge is 2.21. The van der Waals surface area contributed by atoms with Gasteiger partial charge in [0.1, 0.15) is 12.4 Å². The normalized spacial score (nSPS) is 13.7. The molecule has 5 nitrogen and oxygen atoms in total. The van der Waals surface area contributed by atoms with Crippen LogP contribution in [0.2, 0.25) is 0 Å². The molecule has 1 fully saturated rings. The van der Waals surface area contributed by atoms with E-state index in [-0.39, 0.29) is 11.1 Å². The summed E-state index contributed by atoms with van der Waals surface area (Å²) in [6.45, 7) is 2.12. The number of ether oxygens (including phenoxy) is 1. The van der Waals surface area contributed by atoms with Crippen LogP contribution in [-0.2, 0) is 17.9 Å². The highest BCUT2D eigenvalue weighted by Crippen LogP contribution is 2.17. The van der Waals surface area contributed by atoms with E-state index in [0.29, 0.717) is 26.1 Å². The Morgan fingerprint density at radius 1 is 1.08 bits per heavy atom. The number of para-hydroxylation sites is 1. The predicted molar refractivity (Wildman–Crippen MR) is 103 cm³/mol. The first-order valence-corrected chi connectivity index (χ1v) is 9.64. The van der Waals surface area contributed by atoms with Gasteiger partial charge in [0.15, 0.2) is 0 Å². The van der Waals surface area contributed by atoms with Crippen molar-refractivity contribution in [2.45, 2.75) is 19.6 Å². The van der Waals surface area contributed by atoms with Crippen LogP contribution in [0.3, 0.4) is 0 Å². The predicted octanol–water partition coefficient (Wildman–Crippen LogP) is 3.44. The zero-order valence-electron chi connectivity index (χ0n) is 14.5. The minimum Gasteiger partial charge on any atom is -0.489 e. The maximum absolute atomic E-state index is 12.1. The number of nitrogens with one attached hydrogen (secondary N) is 1. The molecule has 136 valence electrons. The first-order valence-electron chi connectivity index (χ1n) is 8.65. The van der Waals surface area contributed by atoms with Crippen molar-refractivity contribution < 1.29 is 14.3 Å². The summed E-state index contributed by atoms with van der Waals surface area (Å²) in [5, 5.41) is 3.01. The molecule has 3 rings (SSSR count). The van der Waals surface area contributed by atoms with Crippen LogP contribution in [0.5, 0.6) is 5.75 Å². The van der Waals surface area contributed by atoms with E-state index in [1.807, 2.05) is 54.6 Å². The Bertz CT molecular complexity index is 752. The molecule has 0 saturated carbocycles. The van der Waals surface area contributed by atoms with Crippen molar-refractivity contribution >= 4 is 22.9 Å². The molecule has 1 saturated heterocycles. The van der Waals surface area contributed by atoms with Gasteiger partial charge in [0.25, 0.3) is 5.24 Å². The minimum absolute atomic E-state index is 0.0477. The van der Waals surface area contributed by atoms with Gasteiger partial charge in [0.05, 0.1) is 0 Å². The first kappa shape index (κ1) is 18.3. The van der Waals surface area contributed by atoms with Crippen LogP contribution < -0.4 is 10.1 Å². The molecular formula is C20H22N2O3S. The summed E-state index contributed by atoms with van der Waals surface area (Å²) >= 11 is 1.31. The third kappa shape index (κ3) is 5.26. The summed E-state index contributed by atoms with van der Waals surface area (Å²) in [7, 11) is 0. The fourth-order valence-corrected chi connectivity index (χ4v) is 3.55. The molecule has 0 bridgehead atoms. The second-order valence-electron chi connectivity index (χ2n) is 6.00. The fourth-order valence-electron chi connectivity index (χ4n) is 2.70. The molecule has 0 aromatic heterocycles. The van der Waals surface area contributed by atoms with Crippen LogP contribution in [0, 0.1) is 0 Å². The molecule has 26 heavy (non-hydrogen) atoms. The lowest BCUT2D eigenvalue weighted by Crippen LogP contribution is -2.30. The van der Waals surface area contributed by atoms with E-state index in [4.69, 9.17) is 4.74 Å². The molecule has 2 aromatic carbocycles. The van der Waals surface area contributed by atoms with Gasteiger partial charge in [0, 0.05) is 31.8 Å². The summed E-state index contributed by atoms with van der Waals surface area (Å²) in [6.07, 6.45) is 0.328. The number of amides is 2. The van der Waals surface area contributed by atoms with Gasteiger partial charge in [-0.1, -0.05) is 54.2 Å². The van der Waals surface area contributed by atoms with Gasteiger partial charge in [-0.15, -0.1) is 0 Å². The lowest BCUT2D eigenvalue weighted by molar-refractivity contribution is -0.121. The zero-order chi connectivity index (χ0) is 18.2. The first-order chi connectivity index (χ1) is 12.7. The van der Waals surface area contributed by atoms with E-state index in [1.165, 1.54) is 11.8 Å². The average molecular weight is 370 g/mol. The quantitative estimate of drug-likeness (QED) is 0.773. The molecule has 1 heterocycles. The summed E-state index contributed by atoms with van der Waals surface area (Å²) in [6, 6.07) is 17.6. The van der Waals surface area contributed by atoms with E-state index < -0.39 is 0 Å². The molecule has 0 atom stereocenters. The van der Waals surface area contributed by atoms with Crippen molar-refractivity contribution in [2.75, 3.05) is 18.8 Å². The third-order valence-corrected chi connectivity index (χ3v) is 5.08. The van der Waals surface area contributed by atoms with Crippen LogP contribution in [-0.4, -0.2) is 34.9 Å². The van der Waals surface area contributed by atoms with Crippen LogP contribution in [0.25, 0.3) is 0 Å². The second-order valence-corrected chi connectivity index (χ2v) is 7.04. The molecular weight excluding hydrogens is 348 g/mol. The average Bonchev–Trinajstić information content (AvgIpc) is 3.09. The van der Waals surface area contributed by atoms with Gasteiger partial charge < -0.3 is 15.0 Å². The SMILES string of the molecule is O=C(CCN1CCSC1=O)NCc1ccccc1COc1ccccc1. The van der Waals surface area contributed by atoms with Crippen molar-refractivity contribution in [3.8, 4) is 5.75 Å². The van der Waals surface area contributed by atoms with E-state index in [0.717, 1.165) is 29.2 Å². The Morgan fingerprint density at radius 2 is 1.81 bits per heavy atom. The van der Waals surface area contributed by atoms with E-state index in [1.54, 1.807) is 4.90 Å². The number of carbonyl (C=O) groups excluding carboxylic acids is 2. The van der Waals surface area contributed by atoms with Gasteiger partial charge in [0.2, 0.25) is 5.91 Å². The fraction of sp³-hybridized carbons (Fsp3) is 0.300. The van der Waals surface area contributed by atoms with Gasteiger partial charge >= 0.3 is 0 Å². The Hall–Kier alpha value is -2.47. The Kier molecular flexibility index (Phi) is 6.55. The van der Waals surface area contributed by atoms with Crippen LogP contribution >= 0.6 is 11.8 Å². The van der Waals surface area contributed by atoms with Crippen molar-refractivity contribution in [3.63, 3.8) is 0 Å². The molecule has 0 radical (unpaired) electrons. The number of nitrogens with zero attached hydrogens (tertiary/aromatic N) is 1. The van der Waals surface area contributed by atoms with Crippen molar-refractivity contribution in [1.29, 1.82) is 0 Å². The maximum atomic E-state index is 12.1. The van der Waals surface area contributed by atoms with Crippen LogP contribution in [0.4, 0.5) is 4.79 Å². The number of carbonyl (C=O) groups is 2. The second kappa shape index (κ2) is 9.29. The molecule has 1 aliphatic heterocycles. The topological polar surface area (TPSA) is 58.6 Å². The molecule has 1 aliphatic rings. The van der Waals surface area contributed by atoms with E-state index in [2.05, 4.69) is 5.32 Å². The van der Waals surface area contributed by atoms with Crippen molar-refractivity contribution in [3.05, 3.63) is 65.7 Å². The maximum Gasteiger partial charge on any atom is 0.281 e. The van der Waals surface area contributed by atoms with Gasteiger partial charge in [-0.2, -0.15) is 0 Å². The number of hydrogen-bond donors (Lipinski definition) is 1. The highest BCUT2D eigenvalue weighted by atomic mass is 32.2. The standard InChI is InChI=1S/C20H22N2O3S/c23-19(10-11-22-12-13-26-20(22)24)21-14-16-6-4-5-7-17(16)15-25-18-8-2-1-3-9-18/h1-9H,10-15H2,(H,21,23). The molecule has 2 amide bonds. The zero-order valence-corrected chi connectivity index (χ0v) is 15.3. The largest absolute Gasteiger partial charge is 0.489 e. The lowest BCUT2D eigenvalue weighted by atomic mass is 10.1. The van der Waals surface area contributed by atoms with Crippen LogP contribution in [0.15, 0.2) is 54.6 Å². The van der Waals surface area contributed by atoms with Crippen LogP contribution in [0.1, 0.15) is 17.5 Å².